The number of ether oxygens (including phenoxy) is 1. The van der Waals surface area contributed by atoms with Crippen molar-refractivity contribution in [3.05, 3.63) is 130 Å². The first kappa shape index (κ1) is 49.9. The quantitative estimate of drug-likeness (QED) is 0.0620. The minimum absolute atomic E-state index is 0.0151. The Labute approximate surface area is 438 Å². The lowest BCUT2D eigenvalue weighted by atomic mass is 9.90. The van der Waals surface area contributed by atoms with Gasteiger partial charge in [-0.25, -0.2) is 14.2 Å². The number of piperidine rings is 3. The van der Waals surface area contributed by atoms with E-state index in [2.05, 4.69) is 20.9 Å². The molecule has 4 N–H and O–H groups in total. The Morgan fingerprint density at radius 1 is 0.813 bits per heavy atom. The average Bonchev–Trinajstić information content (AvgIpc) is 3.93. The Morgan fingerprint density at radius 2 is 1.57 bits per heavy atom. The fraction of sp³-hybridized carbons (Fsp3) is 0.386. The number of pyridine rings is 1. The molecular weight excluding hydrogens is 976 g/mol. The zero-order valence-corrected chi connectivity index (χ0v) is 42.6. The molecule has 75 heavy (non-hydrogen) atoms. The first-order chi connectivity index (χ1) is 36.4. The lowest BCUT2D eigenvalue weighted by Gasteiger charge is -2.38. The molecular formula is C57H59FN8O8S. The second kappa shape index (κ2) is 21.1. The van der Waals surface area contributed by atoms with Gasteiger partial charge in [0.1, 0.15) is 23.4 Å². The molecule has 388 valence electrons. The van der Waals surface area contributed by atoms with Gasteiger partial charge in [0.05, 0.1) is 29.1 Å². The summed E-state index contributed by atoms with van der Waals surface area (Å²) in [6, 6.07) is 24.6. The third kappa shape index (κ3) is 10.2. The minimum atomic E-state index is -1.12. The number of hydrogen-bond donors (Lipinski definition) is 4. The van der Waals surface area contributed by atoms with Gasteiger partial charge in [-0.3, -0.25) is 34.2 Å². The van der Waals surface area contributed by atoms with Crippen LogP contribution >= 0.6 is 11.8 Å². The normalized spacial score (nSPS) is 20.1. The maximum absolute atomic E-state index is 15.5. The number of hydrogen-bond acceptors (Lipinski definition) is 13. The van der Waals surface area contributed by atoms with Crippen LogP contribution in [0.1, 0.15) is 110 Å². The number of benzene rings is 4. The number of carboxylic acid groups (broad SMARTS) is 1. The Balaban J connectivity index is 0.640. The van der Waals surface area contributed by atoms with Gasteiger partial charge in [-0.15, -0.1) is 0 Å². The molecule has 0 saturated carbocycles. The Morgan fingerprint density at radius 3 is 2.35 bits per heavy atom. The molecule has 5 aromatic rings. The van der Waals surface area contributed by atoms with E-state index in [1.165, 1.54) is 6.07 Å². The summed E-state index contributed by atoms with van der Waals surface area (Å²) in [7, 11) is 0. The number of carbonyl (C=O) groups is 6. The van der Waals surface area contributed by atoms with Crippen LogP contribution in [-0.2, 0) is 22.6 Å². The second-order valence-corrected chi connectivity index (χ2v) is 21.6. The van der Waals surface area contributed by atoms with Crippen molar-refractivity contribution in [2.45, 2.75) is 87.7 Å². The van der Waals surface area contributed by atoms with E-state index < -0.39 is 41.5 Å². The zero-order chi connectivity index (χ0) is 51.9. The number of likely N-dealkylation sites (tertiary alicyclic amines) is 1. The van der Waals surface area contributed by atoms with Crippen LogP contribution in [0.3, 0.4) is 0 Å². The van der Waals surface area contributed by atoms with E-state index in [4.69, 9.17) is 9.72 Å². The first-order valence-corrected chi connectivity index (χ1v) is 26.9. The summed E-state index contributed by atoms with van der Waals surface area (Å²) in [6.45, 7) is 7.78. The van der Waals surface area contributed by atoms with Crippen LogP contribution < -0.4 is 30.5 Å². The number of rotatable bonds is 14. The first-order valence-electron chi connectivity index (χ1n) is 26.0. The van der Waals surface area contributed by atoms with Crippen LogP contribution in [0.5, 0.6) is 5.75 Å². The number of anilines is 3. The summed E-state index contributed by atoms with van der Waals surface area (Å²) >= 11 is 1.56. The number of nitrogens with one attached hydrogen (secondary N) is 3. The molecule has 0 bridgehead atoms. The van der Waals surface area contributed by atoms with E-state index in [1.54, 1.807) is 11.8 Å². The van der Waals surface area contributed by atoms with Gasteiger partial charge >= 0.3 is 5.97 Å². The highest BCUT2D eigenvalue weighted by molar-refractivity contribution is 8.00. The molecule has 16 nitrogen and oxygen atoms in total. The molecule has 2 unspecified atom stereocenters. The molecule has 0 radical (unpaired) electrons. The molecule has 18 heteroatoms. The molecule has 6 aliphatic heterocycles. The van der Waals surface area contributed by atoms with E-state index in [0.29, 0.717) is 73.7 Å². The number of halogens is 1. The smallest absolute Gasteiger partial charge is 0.355 e. The second-order valence-electron chi connectivity index (χ2n) is 20.5. The number of imide groups is 2. The maximum atomic E-state index is 15.5. The molecule has 0 aliphatic carbocycles. The van der Waals surface area contributed by atoms with Crippen molar-refractivity contribution in [2.24, 2.45) is 11.8 Å². The fourth-order valence-corrected chi connectivity index (χ4v) is 12.8. The number of aromatic carboxylic acids is 1. The Kier molecular flexibility index (Phi) is 14.1. The van der Waals surface area contributed by atoms with E-state index in [-0.39, 0.29) is 46.8 Å². The van der Waals surface area contributed by atoms with E-state index >= 15 is 4.39 Å². The molecule has 11 rings (SSSR count). The lowest BCUT2D eigenvalue weighted by Crippen LogP contribution is -2.54. The van der Waals surface area contributed by atoms with Crippen molar-refractivity contribution in [1.29, 1.82) is 0 Å². The lowest BCUT2D eigenvalue weighted by molar-refractivity contribution is -0.136. The summed E-state index contributed by atoms with van der Waals surface area (Å²) in [6.07, 6.45) is 6.62. The summed E-state index contributed by atoms with van der Waals surface area (Å²) < 4.78 is 21.9. The molecule has 3 fully saturated rings. The number of amides is 5. The van der Waals surface area contributed by atoms with E-state index in [1.807, 2.05) is 89.5 Å². The summed E-state index contributed by atoms with van der Waals surface area (Å²) in [5, 5.41) is 19.2. The molecule has 5 amide bonds. The number of fused-ring (bicyclic) bond motifs is 3. The number of carbonyl (C=O) groups excluding carboxylic acids is 5. The molecule has 0 spiro atoms. The molecule has 4 aromatic carbocycles. The third-order valence-corrected chi connectivity index (χ3v) is 17.0. The van der Waals surface area contributed by atoms with Crippen molar-refractivity contribution in [2.75, 3.05) is 61.0 Å². The average molecular weight is 1040 g/mol. The monoisotopic (exact) mass is 1030 g/mol. The predicted octanol–water partition coefficient (Wildman–Crippen LogP) is 7.88. The zero-order valence-electron chi connectivity index (χ0n) is 41.7. The Bertz CT molecular complexity index is 3090. The van der Waals surface area contributed by atoms with Crippen molar-refractivity contribution in [3.8, 4) is 16.9 Å². The van der Waals surface area contributed by atoms with Crippen molar-refractivity contribution >= 4 is 64.5 Å². The maximum Gasteiger partial charge on any atom is 0.355 e. The van der Waals surface area contributed by atoms with Gasteiger partial charge in [0, 0.05) is 55.2 Å². The van der Waals surface area contributed by atoms with Crippen LogP contribution in [-0.4, -0.2) is 113 Å². The highest BCUT2D eigenvalue weighted by Crippen LogP contribution is 2.39. The van der Waals surface area contributed by atoms with Crippen LogP contribution in [0.15, 0.2) is 89.8 Å². The number of para-hydroxylation sites is 1. The van der Waals surface area contributed by atoms with Crippen molar-refractivity contribution < 1.29 is 43.0 Å². The van der Waals surface area contributed by atoms with Gasteiger partial charge in [0.2, 0.25) is 11.8 Å². The number of carboxylic acids is 1. The predicted molar refractivity (Wildman–Crippen MR) is 282 cm³/mol. The van der Waals surface area contributed by atoms with Crippen molar-refractivity contribution in [1.82, 2.24) is 25.4 Å². The van der Waals surface area contributed by atoms with E-state index in [9.17, 15) is 33.9 Å². The molecule has 1 aromatic heterocycles. The minimum Gasteiger partial charge on any atom is -0.493 e. The summed E-state index contributed by atoms with van der Waals surface area (Å²) in [5.74, 6) is -2.10. The highest BCUT2D eigenvalue weighted by atomic mass is 32.2. The topological polar surface area (TPSA) is 194 Å². The highest BCUT2D eigenvalue weighted by Gasteiger charge is 2.45. The fourth-order valence-electron chi connectivity index (χ4n) is 11.8. The largest absolute Gasteiger partial charge is 0.493 e. The van der Waals surface area contributed by atoms with Gasteiger partial charge in [-0.2, -0.15) is 0 Å². The van der Waals surface area contributed by atoms with E-state index in [0.717, 1.165) is 102 Å². The standard InChI is InChI=1S/C57H59FN8O8S/c1-33-37(38-14-16-49(60-51(38)56(72)73)65-27-22-36-8-4-10-39(42(36)32-65)52(68)62-57-59-44-11-2-3-13-48(44)75-57)9-5-12-47(33)74-28-6-7-34-18-23-63(24-19-34)31-35-20-25-64(26-21-35)46-30-41-40(29-43(46)58)54(70)66(55(41)71)45-15-17-50(67)61-53(45)69/h2-5,8-14,16,29-30,34-35,45,57,59H,6-7,15,17-28,31-32H2,1H3,(H,62,68)(H,72,73)(H,61,67,69). The van der Waals surface area contributed by atoms with Gasteiger partial charge in [-0.1, -0.05) is 48.2 Å². The van der Waals surface area contributed by atoms with Gasteiger partial charge in [0.15, 0.2) is 11.2 Å². The molecule has 3 saturated heterocycles. The number of nitrogens with zero attached hydrogens (tertiary/aromatic N) is 5. The van der Waals surface area contributed by atoms with Crippen LogP contribution in [0, 0.1) is 24.6 Å². The van der Waals surface area contributed by atoms with Crippen LogP contribution in [0.4, 0.5) is 21.6 Å². The SMILES string of the molecule is Cc1c(OCCCC2CCN(CC3CCN(c4cc5c(cc4F)C(=O)N(C4CCC(=O)NC4=O)C5=O)CC3)CC2)cccc1-c1ccc(N2CCc3cccc(C(=O)NC4Nc5ccccc5S4)c3C2)nc1C(=O)O. The van der Waals surface area contributed by atoms with Crippen LogP contribution in [0.2, 0.25) is 0 Å². The number of aromatic nitrogens is 1. The van der Waals surface area contributed by atoms with Gasteiger partial charge < -0.3 is 35.2 Å². The molecule has 2 atom stereocenters. The van der Waals surface area contributed by atoms with Crippen LogP contribution in [0.25, 0.3) is 11.1 Å². The number of thioether (sulfide) groups is 1. The van der Waals surface area contributed by atoms with Gasteiger partial charge in [-0.05, 0) is 154 Å². The summed E-state index contributed by atoms with van der Waals surface area (Å²) in [5.41, 5.74) is 5.64. The van der Waals surface area contributed by atoms with Crippen molar-refractivity contribution in [3.63, 3.8) is 0 Å². The Hall–Kier alpha value is -7.31. The third-order valence-electron chi connectivity index (χ3n) is 15.9. The summed E-state index contributed by atoms with van der Waals surface area (Å²) in [4.78, 5) is 90.4. The van der Waals surface area contributed by atoms with Gasteiger partial charge in [0.25, 0.3) is 17.7 Å². The molecule has 7 heterocycles. The molecule has 6 aliphatic rings.